The third kappa shape index (κ3) is 2.83. The lowest BCUT2D eigenvalue weighted by Gasteiger charge is -2.23. The van der Waals surface area contributed by atoms with Crippen LogP contribution in [0.2, 0.25) is 5.02 Å². The molecule has 0 bridgehead atoms. The fraction of sp³-hybridized carbons (Fsp3) is 0.500. The highest BCUT2D eigenvalue weighted by molar-refractivity contribution is 7.92. The number of sulfone groups is 1. The van der Waals surface area contributed by atoms with Crippen LogP contribution in [0.25, 0.3) is 0 Å². The van der Waals surface area contributed by atoms with E-state index >= 15 is 0 Å². The maximum atomic E-state index is 12.7. The van der Waals surface area contributed by atoms with Crippen LogP contribution in [0.15, 0.2) is 17.0 Å². The van der Waals surface area contributed by atoms with Gasteiger partial charge in [-0.25, -0.2) is 13.2 Å². The van der Waals surface area contributed by atoms with Crippen molar-refractivity contribution in [2.45, 2.75) is 49.2 Å². The minimum atomic E-state index is -3.52. The Morgan fingerprint density at radius 1 is 1.25 bits per heavy atom. The van der Waals surface area contributed by atoms with Crippen LogP contribution >= 0.6 is 11.6 Å². The molecule has 1 fully saturated rings. The molecule has 110 valence electrons. The van der Waals surface area contributed by atoms with Crippen LogP contribution < -0.4 is 0 Å². The molecule has 1 aliphatic rings. The standard InChI is InChI=1S/C14H17ClO4S/c1-9-12(14(16)17)7-10(15)8-13(9)20(18,19)11-5-3-2-4-6-11/h7-8,11H,2-6H2,1H3,(H,16,17). The SMILES string of the molecule is Cc1c(C(=O)O)cc(Cl)cc1S(=O)(=O)C1CCCCC1. The Kier molecular flexibility index (Phi) is 4.39. The summed E-state index contributed by atoms with van der Waals surface area (Å²) in [5, 5.41) is 8.86. The summed E-state index contributed by atoms with van der Waals surface area (Å²) in [6.45, 7) is 1.52. The van der Waals surface area contributed by atoms with Crippen molar-refractivity contribution in [2.75, 3.05) is 0 Å². The first-order valence-corrected chi connectivity index (χ1v) is 8.54. The highest BCUT2D eigenvalue weighted by atomic mass is 35.5. The lowest BCUT2D eigenvalue weighted by atomic mass is 10.0. The summed E-state index contributed by atoms with van der Waals surface area (Å²) in [5.41, 5.74) is 0.222. The molecule has 1 aromatic rings. The van der Waals surface area contributed by atoms with Crippen molar-refractivity contribution in [1.82, 2.24) is 0 Å². The van der Waals surface area contributed by atoms with E-state index in [2.05, 4.69) is 0 Å². The number of hydrogen-bond acceptors (Lipinski definition) is 3. The van der Waals surface area contributed by atoms with Gasteiger partial charge in [0.2, 0.25) is 0 Å². The first-order valence-electron chi connectivity index (χ1n) is 6.61. The van der Waals surface area contributed by atoms with Gasteiger partial charge in [0.1, 0.15) is 0 Å². The lowest BCUT2D eigenvalue weighted by molar-refractivity contribution is 0.0696. The molecule has 0 amide bonds. The van der Waals surface area contributed by atoms with E-state index in [1.807, 2.05) is 0 Å². The Hall–Kier alpha value is -1.07. The first kappa shape index (κ1) is 15.3. The molecule has 0 heterocycles. The Labute approximate surface area is 123 Å². The number of halogens is 1. The second kappa shape index (κ2) is 5.74. The molecular weight excluding hydrogens is 300 g/mol. The molecule has 0 aromatic heterocycles. The second-order valence-corrected chi connectivity index (χ2v) is 7.82. The Balaban J connectivity index is 2.53. The van der Waals surface area contributed by atoms with Crippen molar-refractivity contribution in [1.29, 1.82) is 0 Å². The van der Waals surface area contributed by atoms with Crippen molar-refractivity contribution in [2.24, 2.45) is 0 Å². The van der Waals surface area contributed by atoms with Crippen LogP contribution in [0.5, 0.6) is 0 Å². The summed E-state index contributed by atoms with van der Waals surface area (Å²) >= 11 is 5.88. The highest BCUT2D eigenvalue weighted by Crippen LogP contribution is 2.32. The third-order valence-corrected chi connectivity index (χ3v) is 6.46. The van der Waals surface area contributed by atoms with Crippen LogP contribution in [-0.2, 0) is 9.84 Å². The summed E-state index contributed by atoms with van der Waals surface area (Å²) in [5.74, 6) is -1.16. The van der Waals surface area contributed by atoms with Gasteiger partial charge < -0.3 is 5.11 Å². The third-order valence-electron chi connectivity index (χ3n) is 3.85. The van der Waals surface area contributed by atoms with Crippen LogP contribution in [0.1, 0.15) is 48.0 Å². The molecule has 2 rings (SSSR count). The molecule has 0 aliphatic heterocycles. The fourth-order valence-electron chi connectivity index (χ4n) is 2.73. The largest absolute Gasteiger partial charge is 0.478 e. The first-order chi connectivity index (χ1) is 9.34. The minimum Gasteiger partial charge on any atom is -0.478 e. The maximum absolute atomic E-state index is 12.7. The van der Waals surface area contributed by atoms with Gasteiger partial charge in [0, 0.05) is 5.02 Å². The molecule has 0 unspecified atom stereocenters. The Morgan fingerprint density at radius 3 is 2.40 bits per heavy atom. The van der Waals surface area contributed by atoms with E-state index in [4.69, 9.17) is 16.7 Å². The molecule has 0 saturated heterocycles. The maximum Gasteiger partial charge on any atom is 0.336 e. The van der Waals surface area contributed by atoms with Gasteiger partial charge in [-0.1, -0.05) is 30.9 Å². The zero-order valence-electron chi connectivity index (χ0n) is 11.2. The normalized spacial score (nSPS) is 17.1. The van der Waals surface area contributed by atoms with Crippen molar-refractivity contribution in [3.8, 4) is 0 Å². The summed E-state index contributed by atoms with van der Waals surface area (Å²) < 4.78 is 25.4. The van der Waals surface area contributed by atoms with Gasteiger partial charge in [-0.3, -0.25) is 0 Å². The van der Waals surface area contributed by atoms with Crippen LogP contribution in [-0.4, -0.2) is 24.7 Å². The van der Waals surface area contributed by atoms with E-state index in [0.717, 1.165) is 19.3 Å². The molecule has 1 aliphatic carbocycles. The van der Waals surface area contributed by atoms with E-state index < -0.39 is 21.1 Å². The van der Waals surface area contributed by atoms with Gasteiger partial charge in [-0.2, -0.15) is 0 Å². The highest BCUT2D eigenvalue weighted by Gasteiger charge is 2.31. The van der Waals surface area contributed by atoms with Crippen molar-refractivity contribution in [3.05, 3.63) is 28.3 Å². The van der Waals surface area contributed by atoms with Crippen molar-refractivity contribution < 1.29 is 18.3 Å². The molecule has 1 aromatic carbocycles. The van der Waals surface area contributed by atoms with E-state index in [1.54, 1.807) is 0 Å². The summed E-state index contributed by atoms with van der Waals surface area (Å²) in [6.07, 6.45) is 4.12. The smallest absolute Gasteiger partial charge is 0.336 e. The van der Waals surface area contributed by atoms with E-state index in [1.165, 1.54) is 19.1 Å². The van der Waals surface area contributed by atoms with Gasteiger partial charge in [0.05, 0.1) is 15.7 Å². The van der Waals surface area contributed by atoms with E-state index in [-0.39, 0.29) is 21.0 Å². The number of carboxylic acids is 1. The van der Waals surface area contributed by atoms with Gasteiger partial charge in [-0.05, 0) is 37.5 Å². The number of benzene rings is 1. The number of rotatable bonds is 3. The molecule has 1 saturated carbocycles. The van der Waals surface area contributed by atoms with Crippen molar-refractivity contribution >= 4 is 27.4 Å². The average molecular weight is 317 g/mol. The van der Waals surface area contributed by atoms with Gasteiger partial charge in [-0.15, -0.1) is 0 Å². The van der Waals surface area contributed by atoms with Crippen LogP contribution in [0.3, 0.4) is 0 Å². The predicted octanol–water partition coefficient (Wildman–Crippen LogP) is 3.45. The summed E-state index contributed by atoms with van der Waals surface area (Å²) in [6, 6.07) is 2.66. The van der Waals surface area contributed by atoms with Crippen LogP contribution in [0.4, 0.5) is 0 Å². The number of carbonyl (C=O) groups is 1. The Morgan fingerprint density at radius 2 is 1.85 bits per heavy atom. The predicted molar refractivity (Wildman–Crippen MR) is 77.2 cm³/mol. The second-order valence-electron chi connectivity index (χ2n) is 5.19. The number of aromatic carboxylic acids is 1. The van der Waals surface area contributed by atoms with Crippen LogP contribution in [0, 0.1) is 6.92 Å². The fourth-order valence-corrected chi connectivity index (χ4v) is 5.15. The quantitative estimate of drug-likeness (QED) is 0.927. The van der Waals surface area contributed by atoms with Crippen molar-refractivity contribution in [3.63, 3.8) is 0 Å². The van der Waals surface area contributed by atoms with Gasteiger partial charge >= 0.3 is 5.97 Å². The molecule has 6 heteroatoms. The molecule has 0 atom stereocenters. The number of carboxylic acid groups (broad SMARTS) is 1. The Bertz CT molecular complexity index is 631. The zero-order chi connectivity index (χ0) is 14.9. The van der Waals surface area contributed by atoms with E-state index in [9.17, 15) is 13.2 Å². The minimum absolute atomic E-state index is 0.0492. The molecule has 4 nitrogen and oxygen atoms in total. The molecular formula is C14H17ClO4S. The molecule has 1 N–H and O–H groups in total. The topological polar surface area (TPSA) is 71.4 Å². The molecule has 0 radical (unpaired) electrons. The average Bonchev–Trinajstić information content (AvgIpc) is 2.41. The van der Waals surface area contributed by atoms with Gasteiger partial charge in [0.15, 0.2) is 9.84 Å². The molecule has 20 heavy (non-hydrogen) atoms. The monoisotopic (exact) mass is 316 g/mol. The van der Waals surface area contributed by atoms with Gasteiger partial charge in [0.25, 0.3) is 0 Å². The zero-order valence-corrected chi connectivity index (χ0v) is 12.8. The number of hydrogen-bond donors (Lipinski definition) is 1. The lowest BCUT2D eigenvalue weighted by Crippen LogP contribution is -2.25. The molecule has 0 spiro atoms. The summed E-state index contributed by atoms with van der Waals surface area (Å²) in [7, 11) is -3.52. The summed E-state index contributed by atoms with van der Waals surface area (Å²) in [4.78, 5) is 11.2. The van der Waals surface area contributed by atoms with E-state index in [0.29, 0.717) is 12.8 Å².